The molecule has 214 valence electrons. The van der Waals surface area contributed by atoms with E-state index in [0.29, 0.717) is 25.1 Å². The van der Waals surface area contributed by atoms with Crippen molar-refractivity contribution >= 4 is 11.6 Å². The predicted octanol–water partition coefficient (Wildman–Crippen LogP) is 6.56. The van der Waals surface area contributed by atoms with E-state index in [0.717, 1.165) is 55.9 Å². The van der Waals surface area contributed by atoms with Crippen LogP contribution in [0.4, 0.5) is 5.69 Å². The summed E-state index contributed by atoms with van der Waals surface area (Å²) < 4.78 is 6.02. The molecule has 0 saturated carbocycles. The summed E-state index contributed by atoms with van der Waals surface area (Å²) in [4.78, 5) is 21.4. The van der Waals surface area contributed by atoms with E-state index in [1.165, 1.54) is 11.3 Å². The van der Waals surface area contributed by atoms with Crippen molar-refractivity contribution in [3.8, 4) is 5.75 Å². The molecule has 1 aliphatic rings. The lowest BCUT2D eigenvalue weighted by Crippen LogP contribution is -2.52. The largest absolute Gasteiger partial charge is 0.489 e. The molecular formula is C34H46N4O2. The number of amides is 1. The van der Waals surface area contributed by atoms with Crippen molar-refractivity contribution in [2.75, 3.05) is 24.5 Å². The highest BCUT2D eigenvalue weighted by molar-refractivity contribution is 5.82. The first-order chi connectivity index (χ1) is 19.4. The molecule has 1 aliphatic heterocycles. The summed E-state index contributed by atoms with van der Waals surface area (Å²) in [5.41, 5.74) is 4.77. The standard InChI is InChI=1S/C34H46N4O2/c1-26(2)16-22-38(30-12-14-32(15-13-30)40-25-28-9-6-5-7-10-28)31-17-20-37(21-18-31)34(39)33(23-27(3)4)36-24-29-11-8-19-35-29/h5-16,19,27,31,33,35-36H,17-18,20-25H2,1-4H3/t33-/m0/s1. The summed E-state index contributed by atoms with van der Waals surface area (Å²) >= 11 is 0. The topological polar surface area (TPSA) is 60.6 Å². The molecule has 2 N–H and O–H groups in total. The molecule has 0 bridgehead atoms. The van der Waals surface area contributed by atoms with Crippen molar-refractivity contribution in [3.05, 3.63) is 95.8 Å². The second-order valence-electron chi connectivity index (χ2n) is 11.5. The van der Waals surface area contributed by atoms with E-state index in [1.807, 2.05) is 30.5 Å². The van der Waals surface area contributed by atoms with Crippen molar-refractivity contribution in [2.45, 2.75) is 72.2 Å². The second-order valence-corrected chi connectivity index (χ2v) is 11.5. The summed E-state index contributed by atoms with van der Waals surface area (Å²) in [6.45, 7) is 12.3. The third-order valence-corrected chi connectivity index (χ3v) is 7.54. The Bertz CT molecular complexity index is 1180. The van der Waals surface area contributed by atoms with Crippen molar-refractivity contribution in [3.63, 3.8) is 0 Å². The van der Waals surface area contributed by atoms with Gasteiger partial charge in [0.1, 0.15) is 12.4 Å². The van der Waals surface area contributed by atoms with Crippen LogP contribution in [-0.2, 0) is 17.9 Å². The number of ether oxygens (including phenoxy) is 1. The van der Waals surface area contributed by atoms with Crippen molar-refractivity contribution < 1.29 is 9.53 Å². The minimum Gasteiger partial charge on any atom is -0.489 e. The summed E-state index contributed by atoms with van der Waals surface area (Å²) in [6, 6.07) is 23.0. The molecule has 1 atom stereocenters. The van der Waals surface area contributed by atoms with Gasteiger partial charge in [0.15, 0.2) is 0 Å². The summed E-state index contributed by atoms with van der Waals surface area (Å²) in [5.74, 6) is 1.55. The highest BCUT2D eigenvalue weighted by Crippen LogP contribution is 2.27. The number of benzene rings is 2. The van der Waals surface area contributed by atoms with Gasteiger partial charge in [-0.05, 0) is 81.0 Å². The van der Waals surface area contributed by atoms with Crippen LogP contribution in [0.2, 0.25) is 0 Å². The average molecular weight is 543 g/mol. The van der Waals surface area contributed by atoms with Gasteiger partial charge in [0.05, 0.1) is 6.04 Å². The monoisotopic (exact) mass is 542 g/mol. The molecule has 4 rings (SSSR count). The molecule has 2 aromatic carbocycles. The van der Waals surface area contributed by atoms with Crippen LogP contribution >= 0.6 is 0 Å². The lowest BCUT2D eigenvalue weighted by molar-refractivity contribution is -0.135. The number of hydrogen-bond acceptors (Lipinski definition) is 4. The molecule has 1 fully saturated rings. The Morgan fingerprint density at radius 1 is 1.05 bits per heavy atom. The van der Waals surface area contributed by atoms with E-state index >= 15 is 0 Å². The predicted molar refractivity (Wildman–Crippen MR) is 164 cm³/mol. The number of rotatable bonds is 13. The van der Waals surface area contributed by atoms with E-state index < -0.39 is 0 Å². The van der Waals surface area contributed by atoms with Gasteiger partial charge in [-0.3, -0.25) is 4.79 Å². The van der Waals surface area contributed by atoms with E-state index in [9.17, 15) is 4.79 Å². The molecule has 1 amide bonds. The fourth-order valence-electron chi connectivity index (χ4n) is 5.29. The molecule has 3 aromatic rings. The Hall–Kier alpha value is -3.51. The molecule has 1 saturated heterocycles. The van der Waals surface area contributed by atoms with Crippen molar-refractivity contribution in [1.82, 2.24) is 15.2 Å². The van der Waals surface area contributed by atoms with E-state index in [-0.39, 0.29) is 11.9 Å². The Kier molecular flexibility index (Phi) is 10.9. The lowest BCUT2D eigenvalue weighted by Gasteiger charge is -2.40. The summed E-state index contributed by atoms with van der Waals surface area (Å²) in [7, 11) is 0. The van der Waals surface area contributed by atoms with Crippen LogP contribution in [0.25, 0.3) is 0 Å². The van der Waals surface area contributed by atoms with E-state index in [2.05, 4.69) is 96.3 Å². The Balaban J connectivity index is 1.37. The number of carbonyl (C=O) groups is 1. The highest BCUT2D eigenvalue weighted by Gasteiger charge is 2.30. The fourth-order valence-corrected chi connectivity index (χ4v) is 5.29. The summed E-state index contributed by atoms with van der Waals surface area (Å²) in [6.07, 6.45) is 6.97. The van der Waals surface area contributed by atoms with Gasteiger partial charge >= 0.3 is 0 Å². The molecule has 6 nitrogen and oxygen atoms in total. The molecule has 0 unspecified atom stereocenters. The third-order valence-electron chi connectivity index (χ3n) is 7.54. The van der Waals surface area contributed by atoms with Crippen LogP contribution < -0.4 is 15.0 Å². The maximum atomic E-state index is 13.6. The summed E-state index contributed by atoms with van der Waals surface area (Å²) in [5, 5.41) is 3.52. The number of carbonyl (C=O) groups excluding carboxylic acids is 1. The number of allylic oxidation sites excluding steroid dienone is 1. The number of piperidine rings is 1. The SMILES string of the molecule is CC(C)=CCN(c1ccc(OCc2ccccc2)cc1)C1CCN(C(=O)[C@H](CC(C)C)NCc2ccc[nH]2)CC1. The molecule has 1 aromatic heterocycles. The molecule has 6 heteroatoms. The van der Waals surface area contributed by atoms with Gasteiger partial charge in [-0.15, -0.1) is 0 Å². The molecule has 40 heavy (non-hydrogen) atoms. The Morgan fingerprint density at radius 2 is 1.77 bits per heavy atom. The smallest absolute Gasteiger partial charge is 0.239 e. The normalized spacial score (nSPS) is 14.7. The Morgan fingerprint density at radius 3 is 2.40 bits per heavy atom. The van der Waals surface area contributed by atoms with Crippen LogP contribution in [0.1, 0.15) is 58.2 Å². The average Bonchev–Trinajstić information content (AvgIpc) is 3.49. The zero-order chi connectivity index (χ0) is 28.3. The number of aromatic amines is 1. The minimum absolute atomic E-state index is 0.162. The van der Waals surface area contributed by atoms with Gasteiger partial charge in [-0.2, -0.15) is 0 Å². The number of aromatic nitrogens is 1. The number of anilines is 1. The van der Waals surface area contributed by atoms with Gasteiger partial charge in [-0.25, -0.2) is 0 Å². The highest BCUT2D eigenvalue weighted by atomic mass is 16.5. The number of H-pyrrole nitrogens is 1. The third kappa shape index (κ3) is 8.75. The zero-order valence-corrected chi connectivity index (χ0v) is 24.6. The quantitative estimate of drug-likeness (QED) is 0.240. The molecule has 0 aliphatic carbocycles. The van der Waals surface area contributed by atoms with Crippen LogP contribution in [-0.4, -0.2) is 47.5 Å². The maximum Gasteiger partial charge on any atom is 0.239 e. The number of nitrogens with zero attached hydrogens (tertiary/aromatic N) is 2. The Labute approximate surface area is 240 Å². The lowest BCUT2D eigenvalue weighted by atomic mass is 9.98. The molecule has 0 radical (unpaired) electrons. The van der Waals surface area contributed by atoms with Crippen LogP contribution in [0.3, 0.4) is 0 Å². The first kappa shape index (κ1) is 29.5. The minimum atomic E-state index is -0.162. The van der Waals surface area contributed by atoms with Crippen LogP contribution in [0.5, 0.6) is 5.75 Å². The molecule has 0 spiro atoms. The number of nitrogens with one attached hydrogen (secondary N) is 2. The van der Waals surface area contributed by atoms with Crippen molar-refractivity contribution in [2.24, 2.45) is 5.92 Å². The van der Waals surface area contributed by atoms with Crippen LogP contribution in [0, 0.1) is 5.92 Å². The zero-order valence-electron chi connectivity index (χ0n) is 24.6. The maximum absolute atomic E-state index is 13.6. The van der Waals surface area contributed by atoms with Crippen molar-refractivity contribution in [1.29, 1.82) is 0 Å². The molecule has 2 heterocycles. The van der Waals surface area contributed by atoms with E-state index in [4.69, 9.17) is 4.74 Å². The number of likely N-dealkylation sites (tertiary alicyclic amines) is 1. The molecular weight excluding hydrogens is 496 g/mol. The second kappa shape index (κ2) is 14.8. The fraction of sp³-hybridized carbons (Fsp3) is 0.441. The van der Waals surface area contributed by atoms with E-state index in [1.54, 1.807) is 0 Å². The van der Waals surface area contributed by atoms with Gasteiger partial charge in [0.2, 0.25) is 5.91 Å². The first-order valence-corrected chi connectivity index (χ1v) is 14.7. The van der Waals surface area contributed by atoms with Gasteiger partial charge in [0.25, 0.3) is 0 Å². The van der Waals surface area contributed by atoms with Gasteiger partial charge in [0, 0.05) is 49.8 Å². The van der Waals surface area contributed by atoms with Gasteiger partial charge in [-0.1, -0.05) is 55.8 Å². The van der Waals surface area contributed by atoms with Crippen LogP contribution in [0.15, 0.2) is 84.6 Å². The first-order valence-electron chi connectivity index (χ1n) is 14.7. The van der Waals surface area contributed by atoms with Gasteiger partial charge < -0.3 is 24.8 Å². The number of hydrogen-bond donors (Lipinski definition) is 2.